The highest BCUT2D eigenvalue weighted by Gasteiger charge is 2.49. The normalized spacial score (nSPS) is 22.7. The minimum absolute atomic E-state index is 0.00281. The molecule has 0 radical (unpaired) electrons. The number of β-amino-alcohol motifs (C(OH)–C–C–N with tert-alkyl or cyclic N) is 1. The molecule has 1 unspecified atom stereocenters. The van der Waals surface area contributed by atoms with Gasteiger partial charge in [-0.2, -0.15) is 15.0 Å². The highest BCUT2D eigenvalue weighted by molar-refractivity contribution is 6.90. The predicted molar refractivity (Wildman–Crippen MR) is 230 cm³/mol. The molecule has 1 aliphatic carbocycles. The van der Waals surface area contributed by atoms with Crippen LogP contribution in [0.25, 0.3) is 21.9 Å². The van der Waals surface area contributed by atoms with Crippen LogP contribution in [-0.4, -0.2) is 115 Å². The van der Waals surface area contributed by atoms with E-state index in [1.807, 2.05) is 15.5 Å². The zero-order valence-corrected chi connectivity index (χ0v) is 37.1. The van der Waals surface area contributed by atoms with Crippen LogP contribution >= 0.6 is 0 Å². The van der Waals surface area contributed by atoms with Crippen LogP contribution in [-0.2, 0) is 9.47 Å². The van der Waals surface area contributed by atoms with Crippen molar-refractivity contribution in [2.45, 2.75) is 121 Å². The molecule has 3 atom stereocenters. The highest BCUT2D eigenvalue weighted by Crippen LogP contribution is 2.46. The molecule has 3 aliphatic heterocycles. The number of aliphatic hydroxyl groups is 1. The third-order valence-electron chi connectivity index (χ3n) is 13.5. The van der Waals surface area contributed by atoms with Crippen LogP contribution in [0, 0.1) is 17.3 Å². The zero-order chi connectivity index (χ0) is 42.3. The standard InChI is InChI=1S/C45H60F2N6O6Si/c1-28(2)60(29(3)4,30(5)6)19-14-36-37(47)13-12-31-20-35(58-27-55-7)21-38(39(31)36)59-44-49-41-40(53(44)33-10-8-11-33)42(51-17-18-56-25-34(54)24-51)50-43(48-41)57-26-45-15-9-16-52(45)23-32(46)22-45/h12-13,20-21,28-30,32-34,54H,8-11,15-18,22-27H2,1-7H3/t32-,34?,45+/m1/s1. The Morgan fingerprint density at radius 2 is 1.78 bits per heavy atom. The summed E-state index contributed by atoms with van der Waals surface area (Å²) in [4.78, 5) is 19.2. The maximum Gasteiger partial charge on any atom is 0.320 e. The van der Waals surface area contributed by atoms with E-state index in [1.165, 1.54) is 6.07 Å². The van der Waals surface area contributed by atoms with E-state index >= 15 is 4.39 Å². The number of methoxy groups -OCH3 is 1. The Morgan fingerprint density at radius 1 is 1.00 bits per heavy atom. The number of ether oxygens (including phenoxy) is 5. The first-order chi connectivity index (χ1) is 28.8. The maximum atomic E-state index is 16.3. The minimum Gasteiger partial charge on any atom is -0.467 e. The highest BCUT2D eigenvalue weighted by atomic mass is 28.3. The lowest BCUT2D eigenvalue weighted by atomic mass is 9.93. The summed E-state index contributed by atoms with van der Waals surface area (Å²) in [7, 11) is -0.700. The van der Waals surface area contributed by atoms with Gasteiger partial charge >= 0.3 is 12.0 Å². The van der Waals surface area contributed by atoms with Gasteiger partial charge < -0.3 is 33.7 Å². The first-order valence-corrected chi connectivity index (χ1v) is 24.0. The second-order valence-electron chi connectivity index (χ2n) is 18.1. The molecule has 0 bridgehead atoms. The third kappa shape index (κ3) is 7.94. The third-order valence-corrected chi connectivity index (χ3v) is 19.8. The molecule has 5 heterocycles. The van der Waals surface area contributed by atoms with Gasteiger partial charge in [0.15, 0.2) is 18.3 Å². The monoisotopic (exact) mass is 846 g/mol. The van der Waals surface area contributed by atoms with Crippen LogP contribution in [0.5, 0.6) is 23.5 Å². The Bertz CT molecular complexity index is 2240. The van der Waals surface area contributed by atoms with Crippen molar-refractivity contribution < 1.29 is 37.6 Å². The van der Waals surface area contributed by atoms with Gasteiger partial charge in [-0.1, -0.05) is 53.5 Å². The first-order valence-electron chi connectivity index (χ1n) is 21.7. The molecule has 2 aromatic carbocycles. The van der Waals surface area contributed by atoms with Crippen molar-refractivity contribution in [3.05, 3.63) is 35.6 Å². The van der Waals surface area contributed by atoms with Crippen molar-refractivity contribution in [1.82, 2.24) is 24.4 Å². The van der Waals surface area contributed by atoms with Gasteiger partial charge in [0.2, 0.25) is 0 Å². The fourth-order valence-corrected chi connectivity index (χ4v) is 15.6. The molecule has 8 rings (SSSR count). The van der Waals surface area contributed by atoms with Crippen molar-refractivity contribution in [3.63, 3.8) is 0 Å². The van der Waals surface area contributed by atoms with Crippen molar-refractivity contribution in [3.8, 4) is 35.0 Å². The van der Waals surface area contributed by atoms with Gasteiger partial charge in [0.05, 0.1) is 30.4 Å². The van der Waals surface area contributed by atoms with Crippen LogP contribution in [0.4, 0.5) is 14.6 Å². The van der Waals surface area contributed by atoms with Crippen molar-refractivity contribution in [2.24, 2.45) is 0 Å². The predicted octanol–water partition coefficient (Wildman–Crippen LogP) is 8.34. The van der Waals surface area contributed by atoms with E-state index < -0.39 is 31.7 Å². The molecule has 0 spiro atoms. The first kappa shape index (κ1) is 42.6. The average Bonchev–Trinajstić information content (AvgIpc) is 3.77. The molecule has 2 aromatic heterocycles. The topological polar surface area (TPSA) is 116 Å². The summed E-state index contributed by atoms with van der Waals surface area (Å²) in [5, 5.41) is 12.1. The molecule has 12 nitrogen and oxygen atoms in total. The Morgan fingerprint density at radius 3 is 2.50 bits per heavy atom. The zero-order valence-electron chi connectivity index (χ0n) is 36.1. The summed E-state index contributed by atoms with van der Waals surface area (Å²) in [5.74, 6) is 4.31. The summed E-state index contributed by atoms with van der Waals surface area (Å²) in [6.45, 7) is 16.3. The lowest BCUT2D eigenvalue weighted by Crippen LogP contribution is -2.43. The van der Waals surface area contributed by atoms with E-state index in [0.29, 0.717) is 82.0 Å². The number of fused-ring (bicyclic) bond motifs is 3. The number of aliphatic hydroxyl groups excluding tert-OH is 1. The van der Waals surface area contributed by atoms with Crippen LogP contribution in [0.15, 0.2) is 24.3 Å². The Balaban J connectivity index is 1.29. The smallest absolute Gasteiger partial charge is 0.320 e. The van der Waals surface area contributed by atoms with Gasteiger partial charge in [-0.3, -0.25) is 9.47 Å². The molecule has 4 aliphatic rings. The summed E-state index contributed by atoms with van der Waals surface area (Å²) >= 11 is 0. The largest absolute Gasteiger partial charge is 0.467 e. The number of hydrogen-bond acceptors (Lipinski definition) is 11. The molecule has 15 heteroatoms. The quantitative estimate of drug-likeness (QED) is 0.0796. The fourth-order valence-electron chi connectivity index (χ4n) is 10.4. The SMILES string of the molecule is COCOc1cc(Oc2nc3nc(OC[C@@]45CCCN4C[C@H](F)C5)nc(N4CCOCC(O)C4)c3n2C2CCC2)c2c(C#C[Si](C(C)C)(C(C)C)C(C)C)c(F)ccc2c1. The van der Waals surface area contributed by atoms with Gasteiger partial charge in [0.25, 0.3) is 0 Å². The van der Waals surface area contributed by atoms with Crippen molar-refractivity contribution in [2.75, 3.05) is 64.8 Å². The molecule has 4 fully saturated rings. The van der Waals surface area contributed by atoms with Gasteiger partial charge in [0, 0.05) is 50.7 Å². The van der Waals surface area contributed by atoms with Crippen molar-refractivity contribution in [1.29, 1.82) is 0 Å². The second-order valence-corrected chi connectivity index (χ2v) is 23.7. The second kappa shape index (κ2) is 17.4. The Kier molecular flexibility index (Phi) is 12.3. The number of anilines is 1. The number of nitrogens with zero attached hydrogens (tertiary/aromatic N) is 6. The number of hydrogen-bond donors (Lipinski definition) is 1. The average molecular weight is 847 g/mol. The molecule has 1 saturated carbocycles. The number of halogens is 2. The van der Waals surface area contributed by atoms with E-state index in [-0.39, 0.29) is 50.2 Å². The maximum absolute atomic E-state index is 16.3. The molecule has 0 amide bonds. The summed E-state index contributed by atoms with van der Waals surface area (Å²) < 4.78 is 63.4. The van der Waals surface area contributed by atoms with Gasteiger partial charge in [-0.25, -0.2) is 8.78 Å². The minimum atomic E-state index is -2.25. The van der Waals surface area contributed by atoms with E-state index in [4.69, 9.17) is 38.6 Å². The number of aromatic nitrogens is 4. The molecule has 4 aromatic rings. The molecule has 3 saturated heterocycles. The van der Waals surface area contributed by atoms with E-state index in [9.17, 15) is 9.50 Å². The Hall–Kier alpha value is -4.07. The number of alkyl halides is 1. The van der Waals surface area contributed by atoms with E-state index in [1.54, 1.807) is 19.2 Å². The molecule has 1 N–H and O–H groups in total. The van der Waals surface area contributed by atoms with Crippen LogP contribution < -0.4 is 19.1 Å². The summed E-state index contributed by atoms with van der Waals surface area (Å²) in [5.41, 5.74) is 5.65. The number of benzene rings is 2. The van der Waals surface area contributed by atoms with E-state index in [0.717, 1.165) is 38.6 Å². The number of imidazole rings is 1. The summed E-state index contributed by atoms with van der Waals surface area (Å²) in [6.07, 6.45) is 3.37. The van der Waals surface area contributed by atoms with Crippen LogP contribution in [0.2, 0.25) is 16.6 Å². The van der Waals surface area contributed by atoms with E-state index in [2.05, 4.69) is 57.9 Å². The molecule has 60 heavy (non-hydrogen) atoms. The fraction of sp³-hybridized carbons (Fsp3) is 0.622. The summed E-state index contributed by atoms with van der Waals surface area (Å²) in [6, 6.07) is 7.16. The molecule has 324 valence electrons. The van der Waals surface area contributed by atoms with Crippen LogP contribution in [0.1, 0.15) is 91.7 Å². The van der Waals surface area contributed by atoms with Gasteiger partial charge in [-0.15, -0.1) is 5.54 Å². The van der Waals surface area contributed by atoms with Crippen molar-refractivity contribution >= 4 is 35.8 Å². The Labute approximate surface area is 352 Å². The van der Waals surface area contributed by atoms with Crippen LogP contribution in [0.3, 0.4) is 0 Å². The lowest BCUT2D eigenvalue weighted by Gasteiger charge is -2.38. The van der Waals surface area contributed by atoms with Gasteiger partial charge in [-0.05, 0) is 72.8 Å². The number of rotatable bonds is 13. The molecular formula is C45H60F2N6O6Si. The lowest BCUT2D eigenvalue weighted by molar-refractivity contribution is 0.0511. The molecular weight excluding hydrogens is 787 g/mol. The van der Waals surface area contributed by atoms with Gasteiger partial charge in [0.1, 0.15) is 43.7 Å².